The van der Waals surface area contributed by atoms with Gasteiger partial charge in [0.15, 0.2) is 5.82 Å². The van der Waals surface area contributed by atoms with Crippen LogP contribution in [0.5, 0.6) is 5.88 Å². The first-order chi connectivity index (χ1) is 12.2. The Morgan fingerprint density at radius 2 is 2.12 bits per heavy atom. The van der Waals surface area contributed by atoms with Gasteiger partial charge in [-0.05, 0) is 31.4 Å². The molecule has 0 aromatic carbocycles. The molecule has 1 aliphatic rings. The number of nitrogens with zero attached hydrogens (tertiary/aromatic N) is 3. The molecule has 6 nitrogen and oxygen atoms in total. The number of halogens is 1. The van der Waals surface area contributed by atoms with Crippen LogP contribution in [0.4, 0.5) is 0 Å². The zero-order valence-electron chi connectivity index (χ0n) is 14.3. The number of hydrogen-bond donors (Lipinski definition) is 0. The van der Waals surface area contributed by atoms with Gasteiger partial charge in [0.25, 0.3) is 0 Å². The van der Waals surface area contributed by atoms with Crippen LogP contribution in [-0.2, 0) is 4.74 Å². The monoisotopic (exact) mass is 363 g/mol. The summed E-state index contributed by atoms with van der Waals surface area (Å²) >= 11 is 6.09. The molecule has 0 N–H and O–H groups in total. The topological polar surface area (TPSA) is 66.2 Å². The third kappa shape index (κ3) is 4.51. The number of aromatic nitrogens is 3. The molecule has 0 unspecified atom stereocenters. The highest BCUT2D eigenvalue weighted by atomic mass is 35.5. The fourth-order valence-corrected chi connectivity index (χ4v) is 3.28. The number of carbonyl (C=O) groups is 1. The van der Waals surface area contributed by atoms with E-state index in [1.807, 2.05) is 0 Å². The van der Waals surface area contributed by atoms with Crippen molar-refractivity contribution in [2.75, 3.05) is 13.2 Å². The van der Waals surface area contributed by atoms with Crippen molar-refractivity contribution in [3.05, 3.63) is 35.1 Å². The first-order valence-electron chi connectivity index (χ1n) is 8.70. The third-order valence-electron chi connectivity index (χ3n) is 4.38. The highest BCUT2D eigenvalue weighted by molar-refractivity contribution is 6.32. The Labute approximate surface area is 152 Å². The van der Waals surface area contributed by atoms with Crippen LogP contribution >= 0.6 is 11.6 Å². The van der Waals surface area contributed by atoms with Crippen molar-refractivity contribution in [1.82, 2.24) is 14.8 Å². The van der Waals surface area contributed by atoms with Gasteiger partial charge in [-0.25, -0.2) is 14.5 Å². The minimum Gasteiger partial charge on any atom is -0.477 e. The molecule has 2 aromatic rings. The Balaban J connectivity index is 1.61. The molecule has 0 saturated heterocycles. The Hall–Kier alpha value is -2.08. The van der Waals surface area contributed by atoms with E-state index in [1.54, 1.807) is 36.0 Å². The number of ether oxygens (including phenoxy) is 2. The van der Waals surface area contributed by atoms with Crippen molar-refractivity contribution in [2.45, 2.75) is 39.0 Å². The van der Waals surface area contributed by atoms with Crippen molar-refractivity contribution in [3.63, 3.8) is 0 Å². The molecule has 25 heavy (non-hydrogen) atoms. The average Bonchev–Trinajstić information content (AvgIpc) is 3.27. The molecule has 3 rings (SSSR count). The molecule has 1 aliphatic carbocycles. The maximum atomic E-state index is 11.8. The quantitative estimate of drug-likeness (QED) is 0.548. The van der Waals surface area contributed by atoms with E-state index in [0.29, 0.717) is 18.3 Å². The standard InChI is InChI=1S/C18H22ClN3O3/c1-2-24-18(23)14-7-8-15(20-17(14)19)22-11-9-16(21-22)25-12-10-13-5-3-4-6-13/h7-9,11,13H,2-6,10,12H2,1H3. The zero-order valence-corrected chi connectivity index (χ0v) is 15.0. The van der Waals surface area contributed by atoms with E-state index in [4.69, 9.17) is 21.1 Å². The highest BCUT2D eigenvalue weighted by Gasteiger charge is 2.16. The maximum absolute atomic E-state index is 11.8. The lowest BCUT2D eigenvalue weighted by atomic mass is 10.1. The van der Waals surface area contributed by atoms with Crippen LogP contribution in [0.2, 0.25) is 5.15 Å². The fraction of sp³-hybridized carbons (Fsp3) is 0.500. The van der Waals surface area contributed by atoms with Crippen LogP contribution < -0.4 is 4.74 Å². The second-order valence-corrected chi connectivity index (χ2v) is 6.47. The molecule has 1 fully saturated rings. The highest BCUT2D eigenvalue weighted by Crippen LogP contribution is 2.27. The minimum absolute atomic E-state index is 0.0927. The van der Waals surface area contributed by atoms with E-state index < -0.39 is 5.97 Å². The van der Waals surface area contributed by atoms with Crippen molar-refractivity contribution in [2.24, 2.45) is 5.92 Å². The lowest BCUT2D eigenvalue weighted by Crippen LogP contribution is -2.08. The van der Waals surface area contributed by atoms with E-state index >= 15 is 0 Å². The van der Waals surface area contributed by atoms with E-state index in [0.717, 1.165) is 12.3 Å². The molecular weight excluding hydrogens is 342 g/mol. The van der Waals surface area contributed by atoms with Crippen LogP contribution in [0.25, 0.3) is 5.82 Å². The number of pyridine rings is 1. The molecule has 0 spiro atoms. The third-order valence-corrected chi connectivity index (χ3v) is 4.67. The van der Waals surface area contributed by atoms with Gasteiger partial charge in [0, 0.05) is 12.3 Å². The Bertz CT molecular complexity index is 726. The van der Waals surface area contributed by atoms with Gasteiger partial charge in [-0.1, -0.05) is 37.3 Å². The number of hydrogen-bond acceptors (Lipinski definition) is 5. The SMILES string of the molecule is CCOC(=O)c1ccc(-n2ccc(OCCC3CCCC3)n2)nc1Cl. The summed E-state index contributed by atoms with van der Waals surface area (Å²) in [5.74, 6) is 1.38. The summed E-state index contributed by atoms with van der Waals surface area (Å²) in [6.07, 6.45) is 8.14. The van der Waals surface area contributed by atoms with Gasteiger partial charge < -0.3 is 9.47 Å². The fourth-order valence-electron chi connectivity index (χ4n) is 3.05. The molecule has 0 radical (unpaired) electrons. The maximum Gasteiger partial charge on any atom is 0.341 e. The normalized spacial score (nSPS) is 14.6. The van der Waals surface area contributed by atoms with Crippen LogP contribution in [0.1, 0.15) is 49.4 Å². The number of rotatable bonds is 7. The number of esters is 1. The van der Waals surface area contributed by atoms with Crippen LogP contribution in [-0.4, -0.2) is 33.9 Å². The first-order valence-corrected chi connectivity index (χ1v) is 9.07. The van der Waals surface area contributed by atoms with Gasteiger partial charge in [-0.3, -0.25) is 0 Å². The first kappa shape index (κ1) is 17.7. The predicted octanol–water partition coefficient (Wildman–Crippen LogP) is 4.06. The summed E-state index contributed by atoms with van der Waals surface area (Å²) in [5.41, 5.74) is 0.243. The predicted molar refractivity (Wildman–Crippen MR) is 94.4 cm³/mol. The van der Waals surface area contributed by atoms with Crippen LogP contribution in [0.15, 0.2) is 24.4 Å². The van der Waals surface area contributed by atoms with E-state index in [1.165, 1.54) is 25.7 Å². The molecule has 1 saturated carbocycles. The Morgan fingerprint density at radius 3 is 2.84 bits per heavy atom. The summed E-state index contributed by atoms with van der Waals surface area (Å²) in [7, 11) is 0. The van der Waals surface area contributed by atoms with Gasteiger partial charge in [0.2, 0.25) is 5.88 Å². The molecule has 0 bridgehead atoms. The minimum atomic E-state index is -0.483. The molecule has 0 aliphatic heterocycles. The summed E-state index contributed by atoms with van der Waals surface area (Å²) < 4.78 is 12.2. The van der Waals surface area contributed by atoms with Crippen LogP contribution in [0.3, 0.4) is 0 Å². The van der Waals surface area contributed by atoms with Gasteiger partial charge in [-0.2, -0.15) is 0 Å². The van der Waals surface area contributed by atoms with Crippen molar-refractivity contribution in [1.29, 1.82) is 0 Å². The van der Waals surface area contributed by atoms with Crippen LogP contribution in [0, 0.1) is 5.92 Å². The molecule has 2 heterocycles. The summed E-state index contributed by atoms with van der Waals surface area (Å²) in [4.78, 5) is 16.0. The molecule has 2 aromatic heterocycles. The van der Waals surface area contributed by atoms with E-state index in [2.05, 4.69) is 10.1 Å². The molecule has 134 valence electrons. The van der Waals surface area contributed by atoms with E-state index in [9.17, 15) is 4.79 Å². The van der Waals surface area contributed by atoms with Crippen molar-refractivity contribution in [3.8, 4) is 11.7 Å². The van der Waals surface area contributed by atoms with Crippen molar-refractivity contribution < 1.29 is 14.3 Å². The smallest absolute Gasteiger partial charge is 0.341 e. The molecule has 0 amide bonds. The lowest BCUT2D eigenvalue weighted by Gasteiger charge is -2.08. The van der Waals surface area contributed by atoms with Gasteiger partial charge in [0.1, 0.15) is 5.15 Å². The molecule has 7 heteroatoms. The summed E-state index contributed by atoms with van der Waals surface area (Å²) in [6.45, 7) is 2.71. The molecular formula is C18H22ClN3O3. The lowest BCUT2D eigenvalue weighted by molar-refractivity contribution is 0.0526. The zero-order chi connectivity index (χ0) is 17.6. The second kappa shape index (κ2) is 8.34. The summed E-state index contributed by atoms with van der Waals surface area (Å²) in [6, 6.07) is 5.06. The Morgan fingerprint density at radius 1 is 1.32 bits per heavy atom. The van der Waals surface area contributed by atoms with Crippen molar-refractivity contribution >= 4 is 17.6 Å². The average molecular weight is 364 g/mol. The molecule has 0 atom stereocenters. The Kier molecular flexibility index (Phi) is 5.91. The number of carbonyl (C=O) groups excluding carboxylic acids is 1. The van der Waals surface area contributed by atoms with Gasteiger partial charge in [0.05, 0.1) is 18.8 Å². The second-order valence-electron chi connectivity index (χ2n) is 6.11. The van der Waals surface area contributed by atoms with E-state index in [-0.39, 0.29) is 17.3 Å². The largest absolute Gasteiger partial charge is 0.477 e. The van der Waals surface area contributed by atoms with Gasteiger partial charge in [-0.15, -0.1) is 5.10 Å². The summed E-state index contributed by atoms with van der Waals surface area (Å²) in [5, 5.41) is 4.45. The van der Waals surface area contributed by atoms with Gasteiger partial charge >= 0.3 is 5.97 Å².